The van der Waals surface area contributed by atoms with Crippen LogP contribution < -0.4 is 15.8 Å². The molecule has 100 valence electrons. The highest BCUT2D eigenvalue weighted by molar-refractivity contribution is 5.84. The Morgan fingerprint density at radius 1 is 1.33 bits per heavy atom. The predicted molar refractivity (Wildman–Crippen MR) is 72.6 cm³/mol. The minimum Gasteiger partial charge on any atom is -0.497 e. The van der Waals surface area contributed by atoms with Crippen molar-refractivity contribution in [1.29, 1.82) is 0 Å². The van der Waals surface area contributed by atoms with Crippen molar-refractivity contribution in [2.75, 3.05) is 13.7 Å². The summed E-state index contributed by atoms with van der Waals surface area (Å²) in [6, 6.07) is 7.95. The van der Waals surface area contributed by atoms with E-state index in [1.807, 2.05) is 24.3 Å². The smallest absolute Gasteiger partial charge is 0.239 e. The molecule has 0 saturated carbocycles. The molecule has 1 aromatic rings. The Hall–Kier alpha value is -1.55. The fourth-order valence-electron chi connectivity index (χ4n) is 1.51. The molecule has 0 radical (unpaired) electrons. The van der Waals surface area contributed by atoms with E-state index in [4.69, 9.17) is 10.5 Å². The van der Waals surface area contributed by atoms with E-state index < -0.39 is 5.54 Å². The number of methoxy groups -OCH3 is 1. The number of rotatable bonds is 6. The maximum Gasteiger partial charge on any atom is 0.239 e. The minimum atomic E-state index is -0.805. The Morgan fingerprint density at radius 2 is 1.94 bits per heavy atom. The van der Waals surface area contributed by atoms with Crippen molar-refractivity contribution in [3.8, 4) is 5.75 Å². The Kier molecular flexibility index (Phi) is 5.16. The van der Waals surface area contributed by atoms with Crippen molar-refractivity contribution in [1.82, 2.24) is 5.32 Å². The number of ether oxygens (including phenoxy) is 1. The van der Waals surface area contributed by atoms with Crippen LogP contribution in [0.15, 0.2) is 24.3 Å². The van der Waals surface area contributed by atoms with E-state index in [1.165, 1.54) is 5.56 Å². The van der Waals surface area contributed by atoms with Crippen LogP contribution in [0, 0.1) is 0 Å². The van der Waals surface area contributed by atoms with Crippen molar-refractivity contribution in [2.24, 2.45) is 5.73 Å². The van der Waals surface area contributed by atoms with Gasteiger partial charge in [-0.25, -0.2) is 0 Å². The van der Waals surface area contributed by atoms with Gasteiger partial charge in [0.1, 0.15) is 5.75 Å². The number of carbonyl (C=O) groups excluding carboxylic acids is 1. The van der Waals surface area contributed by atoms with E-state index in [0.717, 1.165) is 18.6 Å². The molecule has 0 aromatic heterocycles. The maximum absolute atomic E-state index is 11.5. The number of carbonyl (C=O) groups is 1. The van der Waals surface area contributed by atoms with E-state index in [0.29, 0.717) is 6.54 Å². The van der Waals surface area contributed by atoms with Crippen LogP contribution in [-0.2, 0) is 11.2 Å². The first kappa shape index (κ1) is 14.5. The predicted octanol–water partition coefficient (Wildman–Crippen LogP) is 1.48. The first-order valence-electron chi connectivity index (χ1n) is 6.13. The van der Waals surface area contributed by atoms with Gasteiger partial charge in [-0.05, 0) is 44.4 Å². The number of aryl methyl sites for hydroxylation is 1. The molecule has 0 aliphatic carbocycles. The van der Waals surface area contributed by atoms with E-state index >= 15 is 0 Å². The van der Waals surface area contributed by atoms with Gasteiger partial charge in [0.15, 0.2) is 0 Å². The van der Waals surface area contributed by atoms with Crippen LogP contribution in [-0.4, -0.2) is 25.1 Å². The molecule has 0 bridgehead atoms. The summed E-state index contributed by atoms with van der Waals surface area (Å²) in [4.78, 5) is 11.5. The summed E-state index contributed by atoms with van der Waals surface area (Å²) in [5, 5.41) is 2.83. The van der Waals surface area contributed by atoms with Gasteiger partial charge in [0.2, 0.25) is 5.91 Å². The lowest BCUT2D eigenvalue weighted by molar-refractivity contribution is -0.125. The third-order valence-electron chi connectivity index (χ3n) is 2.67. The second kappa shape index (κ2) is 6.40. The van der Waals surface area contributed by atoms with Crippen LogP contribution in [0.3, 0.4) is 0 Å². The molecule has 4 nitrogen and oxygen atoms in total. The Balaban J connectivity index is 2.27. The Bertz CT molecular complexity index is 380. The zero-order valence-electron chi connectivity index (χ0n) is 11.3. The van der Waals surface area contributed by atoms with Gasteiger partial charge in [-0.2, -0.15) is 0 Å². The van der Waals surface area contributed by atoms with Gasteiger partial charge in [-0.3, -0.25) is 4.79 Å². The second-order valence-electron chi connectivity index (χ2n) is 4.93. The summed E-state index contributed by atoms with van der Waals surface area (Å²) in [7, 11) is 1.65. The molecule has 3 N–H and O–H groups in total. The largest absolute Gasteiger partial charge is 0.497 e. The van der Waals surface area contributed by atoms with Crippen molar-refractivity contribution in [3.05, 3.63) is 29.8 Å². The number of hydrogen-bond acceptors (Lipinski definition) is 3. The summed E-state index contributed by atoms with van der Waals surface area (Å²) in [6.07, 6.45) is 1.82. The molecule has 0 unspecified atom stereocenters. The van der Waals surface area contributed by atoms with Crippen molar-refractivity contribution < 1.29 is 9.53 Å². The van der Waals surface area contributed by atoms with Crippen molar-refractivity contribution in [2.45, 2.75) is 32.2 Å². The lowest BCUT2D eigenvalue weighted by Crippen LogP contribution is -2.49. The number of hydrogen-bond donors (Lipinski definition) is 2. The molecular formula is C14H22N2O2. The highest BCUT2D eigenvalue weighted by Crippen LogP contribution is 2.12. The molecule has 0 atom stereocenters. The Labute approximate surface area is 109 Å². The summed E-state index contributed by atoms with van der Waals surface area (Å²) >= 11 is 0. The molecule has 0 heterocycles. The van der Waals surface area contributed by atoms with Gasteiger partial charge in [0, 0.05) is 6.54 Å². The van der Waals surface area contributed by atoms with Gasteiger partial charge in [-0.15, -0.1) is 0 Å². The third-order valence-corrected chi connectivity index (χ3v) is 2.67. The van der Waals surface area contributed by atoms with E-state index in [-0.39, 0.29) is 5.91 Å². The quantitative estimate of drug-likeness (QED) is 0.752. The monoisotopic (exact) mass is 250 g/mol. The molecule has 0 spiro atoms. The molecule has 18 heavy (non-hydrogen) atoms. The first-order chi connectivity index (χ1) is 8.43. The molecular weight excluding hydrogens is 228 g/mol. The second-order valence-corrected chi connectivity index (χ2v) is 4.93. The summed E-state index contributed by atoms with van der Waals surface area (Å²) in [5.41, 5.74) is 6.11. The Morgan fingerprint density at radius 3 is 2.44 bits per heavy atom. The topological polar surface area (TPSA) is 64.3 Å². The van der Waals surface area contributed by atoms with Gasteiger partial charge >= 0.3 is 0 Å². The first-order valence-corrected chi connectivity index (χ1v) is 6.13. The fraction of sp³-hybridized carbons (Fsp3) is 0.500. The summed E-state index contributed by atoms with van der Waals surface area (Å²) in [6.45, 7) is 4.04. The molecule has 0 aliphatic heterocycles. The molecule has 4 heteroatoms. The highest BCUT2D eigenvalue weighted by atomic mass is 16.5. The number of nitrogens with two attached hydrogens (primary N) is 1. The zero-order chi connectivity index (χ0) is 13.6. The number of amides is 1. The van der Waals surface area contributed by atoms with Crippen LogP contribution in [0.4, 0.5) is 0 Å². The van der Waals surface area contributed by atoms with Crippen LogP contribution in [0.5, 0.6) is 5.75 Å². The third kappa shape index (κ3) is 4.75. The zero-order valence-corrected chi connectivity index (χ0v) is 11.3. The van der Waals surface area contributed by atoms with Crippen molar-refractivity contribution in [3.63, 3.8) is 0 Å². The lowest BCUT2D eigenvalue weighted by atomic mass is 10.1. The SMILES string of the molecule is COc1ccc(CCCNC(=O)C(C)(C)N)cc1. The van der Waals surface area contributed by atoms with E-state index in [9.17, 15) is 4.79 Å². The van der Waals surface area contributed by atoms with E-state index in [2.05, 4.69) is 5.32 Å². The van der Waals surface area contributed by atoms with Gasteiger partial charge in [-0.1, -0.05) is 12.1 Å². The van der Waals surface area contributed by atoms with Crippen LogP contribution in [0.2, 0.25) is 0 Å². The van der Waals surface area contributed by atoms with Crippen molar-refractivity contribution >= 4 is 5.91 Å². The van der Waals surface area contributed by atoms with Crippen LogP contribution in [0.25, 0.3) is 0 Å². The average molecular weight is 250 g/mol. The minimum absolute atomic E-state index is 0.114. The number of nitrogens with one attached hydrogen (secondary N) is 1. The molecule has 1 aromatic carbocycles. The van der Waals surface area contributed by atoms with Crippen LogP contribution >= 0.6 is 0 Å². The summed E-state index contributed by atoms with van der Waals surface area (Å²) in [5.74, 6) is 0.745. The summed E-state index contributed by atoms with van der Waals surface area (Å²) < 4.78 is 5.09. The lowest BCUT2D eigenvalue weighted by Gasteiger charge is -2.17. The molecule has 0 aliphatic rings. The fourth-order valence-corrected chi connectivity index (χ4v) is 1.51. The van der Waals surface area contributed by atoms with Gasteiger partial charge < -0.3 is 15.8 Å². The van der Waals surface area contributed by atoms with Gasteiger partial charge in [0.05, 0.1) is 12.6 Å². The van der Waals surface area contributed by atoms with Gasteiger partial charge in [0.25, 0.3) is 0 Å². The standard InChI is InChI=1S/C14H22N2O2/c1-14(2,15)13(17)16-10-4-5-11-6-8-12(18-3)9-7-11/h6-9H,4-5,10,15H2,1-3H3,(H,16,17). The molecule has 1 amide bonds. The number of benzene rings is 1. The normalized spacial score (nSPS) is 11.1. The molecule has 1 rings (SSSR count). The average Bonchev–Trinajstić information content (AvgIpc) is 2.34. The highest BCUT2D eigenvalue weighted by Gasteiger charge is 2.20. The molecule has 0 saturated heterocycles. The van der Waals surface area contributed by atoms with E-state index in [1.54, 1.807) is 21.0 Å². The van der Waals surface area contributed by atoms with Crippen LogP contribution in [0.1, 0.15) is 25.8 Å². The molecule has 0 fully saturated rings. The maximum atomic E-state index is 11.5.